The van der Waals surface area contributed by atoms with Gasteiger partial charge in [-0.25, -0.2) is 0 Å². The average molecular weight is 297 g/mol. The molecule has 1 N–H and O–H groups in total. The molecule has 2 aromatic carbocycles. The molecular weight excluding hydrogens is 278 g/mol. The summed E-state index contributed by atoms with van der Waals surface area (Å²) in [4.78, 5) is 12.3. The zero-order valence-electron chi connectivity index (χ0n) is 12.8. The summed E-state index contributed by atoms with van der Waals surface area (Å²) in [7, 11) is 1.62. The number of carbonyl (C=O) groups excluding carboxylic acids is 1. The molecule has 0 bridgehead atoms. The molecule has 1 aliphatic rings. The van der Waals surface area contributed by atoms with E-state index in [0.29, 0.717) is 18.8 Å². The number of ether oxygens (including phenoxy) is 2. The Bertz CT molecular complexity index is 696. The van der Waals surface area contributed by atoms with Crippen LogP contribution in [0.3, 0.4) is 0 Å². The van der Waals surface area contributed by atoms with Gasteiger partial charge in [-0.2, -0.15) is 0 Å². The summed E-state index contributed by atoms with van der Waals surface area (Å²) in [5.41, 5.74) is 2.93. The molecule has 0 unspecified atom stereocenters. The number of hydrogen-bond donors (Lipinski definition) is 1. The van der Waals surface area contributed by atoms with Crippen molar-refractivity contribution >= 4 is 11.6 Å². The van der Waals surface area contributed by atoms with E-state index in [0.717, 1.165) is 22.6 Å². The van der Waals surface area contributed by atoms with E-state index in [4.69, 9.17) is 9.47 Å². The first-order valence-electron chi connectivity index (χ1n) is 7.43. The first-order chi connectivity index (χ1) is 10.7. The lowest BCUT2D eigenvalue weighted by molar-refractivity contribution is -0.117. The predicted molar refractivity (Wildman–Crippen MR) is 85.7 cm³/mol. The van der Waals surface area contributed by atoms with Crippen LogP contribution in [0.2, 0.25) is 0 Å². The predicted octanol–water partition coefficient (Wildman–Crippen LogP) is 3.37. The molecule has 2 aromatic rings. The van der Waals surface area contributed by atoms with Crippen molar-refractivity contribution in [1.82, 2.24) is 0 Å². The molecule has 1 atom stereocenters. The fourth-order valence-electron chi connectivity index (χ4n) is 2.89. The zero-order chi connectivity index (χ0) is 15.5. The number of methoxy groups -OCH3 is 1. The van der Waals surface area contributed by atoms with Crippen LogP contribution in [0.15, 0.2) is 42.5 Å². The largest absolute Gasteiger partial charge is 0.493 e. The van der Waals surface area contributed by atoms with Gasteiger partial charge in [-0.1, -0.05) is 30.3 Å². The molecule has 1 aliphatic heterocycles. The molecule has 0 aliphatic carbocycles. The number of hydrogen-bond acceptors (Lipinski definition) is 3. The highest BCUT2D eigenvalue weighted by Gasteiger charge is 2.31. The Morgan fingerprint density at radius 1 is 1.14 bits per heavy atom. The first kappa shape index (κ1) is 14.4. The standard InChI is InChI=1S/C18H19NO3/c1-3-22-17-12(7-6-10-16(17)21-2)11-14-13-8-4-5-9-15(13)19-18(14)20/h4-10,14H,3,11H2,1-2H3,(H,19,20)/t14-/m0/s1. The fourth-order valence-corrected chi connectivity index (χ4v) is 2.89. The van der Waals surface area contributed by atoms with Crippen molar-refractivity contribution in [2.24, 2.45) is 0 Å². The maximum atomic E-state index is 12.3. The van der Waals surface area contributed by atoms with Crippen LogP contribution in [-0.4, -0.2) is 19.6 Å². The molecule has 0 spiro atoms. The van der Waals surface area contributed by atoms with Gasteiger partial charge in [0.15, 0.2) is 11.5 Å². The van der Waals surface area contributed by atoms with Crippen molar-refractivity contribution in [1.29, 1.82) is 0 Å². The van der Waals surface area contributed by atoms with Crippen LogP contribution in [0, 0.1) is 0 Å². The Hall–Kier alpha value is -2.49. The third kappa shape index (κ3) is 2.52. The molecule has 0 aromatic heterocycles. The number of para-hydroxylation sites is 2. The van der Waals surface area contributed by atoms with Gasteiger partial charge in [0.1, 0.15) is 0 Å². The molecule has 1 amide bonds. The van der Waals surface area contributed by atoms with Crippen LogP contribution in [0.25, 0.3) is 0 Å². The fraction of sp³-hybridized carbons (Fsp3) is 0.278. The third-order valence-electron chi connectivity index (χ3n) is 3.90. The number of fused-ring (bicyclic) bond motifs is 1. The van der Waals surface area contributed by atoms with Crippen LogP contribution in [0.5, 0.6) is 11.5 Å². The maximum Gasteiger partial charge on any atom is 0.232 e. The SMILES string of the molecule is CCOc1c(C[C@@H]2C(=O)Nc3ccccc32)cccc1OC. The molecule has 1 heterocycles. The van der Waals surface area contributed by atoms with Gasteiger partial charge in [0.2, 0.25) is 5.91 Å². The van der Waals surface area contributed by atoms with Gasteiger partial charge in [0.25, 0.3) is 0 Å². The van der Waals surface area contributed by atoms with Crippen molar-refractivity contribution < 1.29 is 14.3 Å². The monoisotopic (exact) mass is 297 g/mol. The Morgan fingerprint density at radius 2 is 1.95 bits per heavy atom. The summed E-state index contributed by atoms with van der Waals surface area (Å²) in [6.45, 7) is 2.49. The van der Waals surface area contributed by atoms with Crippen LogP contribution in [0.1, 0.15) is 24.0 Å². The Kier molecular flexibility index (Phi) is 4.00. The van der Waals surface area contributed by atoms with E-state index in [9.17, 15) is 4.79 Å². The molecule has 0 radical (unpaired) electrons. The Labute approximate surface area is 130 Å². The van der Waals surface area contributed by atoms with Gasteiger partial charge in [0.05, 0.1) is 19.6 Å². The number of carbonyl (C=O) groups is 1. The second-order valence-electron chi connectivity index (χ2n) is 5.21. The number of rotatable bonds is 5. The lowest BCUT2D eigenvalue weighted by Crippen LogP contribution is -2.15. The molecule has 4 nitrogen and oxygen atoms in total. The van der Waals surface area contributed by atoms with E-state index in [1.807, 2.05) is 49.4 Å². The minimum absolute atomic E-state index is 0.0338. The van der Waals surface area contributed by atoms with Crippen LogP contribution in [0.4, 0.5) is 5.69 Å². The third-order valence-corrected chi connectivity index (χ3v) is 3.90. The highest BCUT2D eigenvalue weighted by molar-refractivity contribution is 6.03. The molecule has 4 heteroatoms. The Balaban J connectivity index is 1.95. The van der Waals surface area contributed by atoms with Gasteiger partial charge in [-0.3, -0.25) is 4.79 Å². The summed E-state index contributed by atoms with van der Waals surface area (Å²) in [6, 6.07) is 13.6. The van der Waals surface area contributed by atoms with Gasteiger partial charge in [0, 0.05) is 5.69 Å². The first-order valence-corrected chi connectivity index (χ1v) is 7.43. The van der Waals surface area contributed by atoms with Gasteiger partial charge in [-0.15, -0.1) is 0 Å². The minimum atomic E-state index is -0.192. The van der Waals surface area contributed by atoms with E-state index in [1.165, 1.54) is 0 Å². The Morgan fingerprint density at radius 3 is 2.73 bits per heavy atom. The maximum absolute atomic E-state index is 12.3. The zero-order valence-corrected chi connectivity index (χ0v) is 12.8. The number of amides is 1. The quantitative estimate of drug-likeness (QED) is 0.920. The summed E-state index contributed by atoms with van der Waals surface area (Å²) in [6.07, 6.45) is 0.593. The van der Waals surface area contributed by atoms with Crippen LogP contribution < -0.4 is 14.8 Å². The van der Waals surface area contributed by atoms with Gasteiger partial charge >= 0.3 is 0 Å². The second-order valence-corrected chi connectivity index (χ2v) is 5.21. The number of anilines is 1. The van der Waals surface area contributed by atoms with Crippen molar-refractivity contribution in [2.45, 2.75) is 19.3 Å². The molecule has 114 valence electrons. The normalized spacial score (nSPS) is 16.1. The highest BCUT2D eigenvalue weighted by Crippen LogP contribution is 2.38. The van der Waals surface area contributed by atoms with Crippen molar-refractivity contribution in [3.8, 4) is 11.5 Å². The van der Waals surface area contributed by atoms with Crippen molar-refractivity contribution in [3.05, 3.63) is 53.6 Å². The molecular formula is C18H19NO3. The summed E-state index contributed by atoms with van der Waals surface area (Å²) in [5, 5.41) is 2.94. The highest BCUT2D eigenvalue weighted by atomic mass is 16.5. The van der Waals surface area contributed by atoms with Crippen LogP contribution >= 0.6 is 0 Å². The summed E-state index contributed by atoms with van der Waals surface area (Å²) in [5.74, 6) is 1.27. The van der Waals surface area contributed by atoms with Crippen molar-refractivity contribution in [3.63, 3.8) is 0 Å². The van der Waals surface area contributed by atoms with E-state index in [-0.39, 0.29) is 11.8 Å². The smallest absolute Gasteiger partial charge is 0.232 e. The lowest BCUT2D eigenvalue weighted by Gasteiger charge is -2.16. The minimum Gasteiger partial charge on any atom is -0.493 e. The van der Waals surface area contributed by atoms with Crippen LogP contribution in [-0.2, 0) is 11.2 Å². The number of benzene rings is 2. The average Bonchev–Trinajstić information content (AvgIpc) is 2.85. The molecule has 0 fully saturated rings. The number of nitrogens with one attached hydrogen (secondary N) is 1. The molecule has 22 heavy (non-hydrogen) atoms. The van der Waals surface area contributed by atoms with E-state index in [2.05, 4.69) is 5.32 Å². The van der Waals surface area contributed by atoms with Crippen molar-refractivity contribution in [2.75, 3.05) is 19.0 Å². The van der Waals surface area contributed by atoms with Gasteiger partial charge < -0.3 is 14.8 Å². The summed E-state index contributed by atoms with van der Waals surface area (Å²) >= 11 is 0. The lowest BCUT2D eigenvalue weighted by atomic mass is 9.92. The van der Waals surface area contributed by atoms with E-state index >= 15 is 0 Å². The molecule has 3 rings (SSSR count). The van der Waals surface area contributed by atoms with Gasteiger partial charge in [-0.05, 0) is 36.6 Å². The van der Waals surface area contributed by atoms with E-state index < -0.39 is 0 Å². The summed E-state index contributed by atoms with van der Waals surface area (Å²) < 4.78 is 11.1. The topological polar surface area (TPSA) is 47.6 Å². The molecule has 0 saturated carbocycles. The molecule has 0 saturated heterocycles. The second kappa shape index (κ2) is 6.10. The van der Waals surface area contributed by atoms with E-state index in [1.54, 1.807) is 7.11 Å².